The van der Waals surface area contributed by atoms with E-state index >= 15 is 0 Å². The van der Waals surface area contributed by atoms with Crippen molar-refractivity contribution in [3.05, 3.63) is 27.8 Å². The SMILES string of the molecule is O=C(O)C1(c2cc(F)c(Cl)nc2Cl)CC1(F)F. The molecule has 0 amide bonds. The van der Waals surface area contributed by atoms with Crippen LogP contribution in [-0.4, -0.2) is 22.0 Å². The summed E-state index contributed by atoms with van der Waals surface area (Å²) < 4.78 is 39.5. The highest BCUT2D eigenvalue weighted by Crippen LogP contribution is 2.62. The highest BCUT2D eigenvalue weighted by Gasteiger charge is 2.78. The number of halogens is 5. The first-order valence-electron chi connectivity index (χ1n) is 4.35. The summed E-state index contributed by atoms with van der Waals surface area (Å²) in [6.45, 7) is 0. The van der Waals surface area contributed by atoms with Gasteiger partial charge in [0.1, 0.15) is 5.15 Å². The Morgan fingerprint density at radius 2 is 1.94 bits per heavy atom. The van der Waals surface area contributed by atoms with Crippen LogP contribution in [0.25, 0.3) is 0 Å². The summed E-state index contributed by atoms with van der Waals surface area (Å²) in [4.78, 5) is 14.2. The molecule has 0 spiro atoms. The van der Waals surface area contributed by atoms with Crippen LogP contribution in [0, 0.1) is 5.82 Å². The van der Waals surface area contributed by atoms with Crippen molar-refractivity contribution in [2.24, 2.45) is 0 Å². The van der Waals surface area contributed by atoms with Crippen LogP contribution in [0.15, 0.2) is 6.07 Å². The van der Waals surface area contributed by atoms with Crippen LogP contribution >= 0.6 is 23.2 Å². The number of alkyl halides is 2. The van der Waals surface area contributed by atoms with Gasteiger partial charge in [0.25, 0.3) is 5.92 Å². The fraction of sp³-hybridized carbons (Fsp3) is 0.333. The predicted molar refractivity (Wildman–Crippen MR) is 53.1 cm³/mol. The first kappa shape index (κ1) is 12.4. The molecule has 2 rings (SSSR count). The van der Waals surface area contributed by atoms with E-state index in [0.717, 1.165) is 0 Å². The summed E-state index contributed by atoms with van der Waals surface area (Å²) in [5.74, 6) is -6.33. The Morgan fingerprint density at radius 1 is 1.41 bits per heavy atom. The van der Waals surface area contributed by atoms with E-state index in [1.165, 1.54) is 0 Å². The van der Waals surface area contributed by atoms with E-state index in [-0.39, 0.29) is 0 Å². The van der Waals surface area contributed by atoms with Crippen LogP contribution in [0.3, 0.4) is 0 Å². The molecule has 0 aliphatic heterocycles. The third-order valence-corrected chi connectivity index (χ3v) is 3.25. The average Bonchev–Trinajstić information content (AvgIpc) is 2.77. The Morgan fingerprint density at radius 3 is 2.35 bits per heavy atom. The smallest absolute Gasteiger partial charge is 0.320 e. The van der Waals surface area contributed by atoms with Crippen molar-refractivity contribution in [2.45, 2.75) is 17.8 Å². The van der Waals surface area contributed by atoms with Gasteiger partial charge in [-0.2, -0.15) is 0 Å². The summed E-state index contributed by atoms with van der Waals surface area (Å²) in [5, 5.41) is 7.73. The summed E-state index contributed by atoms with van der Waals surface area (Å²) in [7, 11) is 0. The van der Waals surface area contributed by atoms with E-state index in [1.54, 1.807) is 0 Å². The van der Waals surface area contributed by atoms with Crippen molar-refractivity contribution in [3.63, 3.8) is 0 Å². The summed E-state index contributed by atoms with van der Waals surface area (Å²) in [6.07, 6.45) is -0.933. The lowest BCUT2D eigenvalue weighted by Crippen LogP contribution is -2.28. The highest BCUT2D eigenvalue weighted by atomic mass is 35.5. The van der Waals surface area contributed by atoms with Crippen molar-refractivity contribution in [1.82, 2.24) is 4.98 Å². The number of carboxylic acid groups (broad SMARTS) is 1. The standard InChI is InChI=1S/C9H4Cl2F3NO2/c10-5-3(1-4(12)6(11)15-5)8(7(16)17)2-9(8,13)14/h1H,2H2,(H,16,17). The molecule has 0 radical (unpaired) electrons. The maximum Gasteiger partial charge on any atom is 0.320 e. The van der Waals surface area contributed by atoms with Crippen molar-refractivity contribution >= 4 is 29.2 Å². The van der Waals surface area contributed by atoms with Gasteiger partial charge in [0.15, 0.2) is 16.4 Å². The van der Waals surface area contributed by atoms with Crippen LogP contribution in [0.5, 0.6) is 0 Å². The Kier molecular flexibility index (Phi) is 2.56. The maximum atomic E-state index is 13.2. The Bertz CT molecular complexity index is 523. The number of hydrogen-bond donors (Lipinski definition) is 1. The van der Waals surface area contributed by atoms with E-state index in [0.29, 0.717) is 6.07 Å². The van der Waals surface area contributed by atoms with Gasteiger partial charge in [-0.3, -0.25) is 4.79 Å². The molecule has 17 heavy (non-hydrogen) atoms. The van der Waals surface area contributed by atoms with Gasteiger partial charge >= 0.3 is 5.97 Å². The van der Waals surface area contributed by atoms with Gasteiger partial charge < -0.3 is 5.11 Å². The normalized spacial score (nSPS) is 25.7. The number of hydrogen-bond acceptors (Lipinski definition) is 2. The second-order valence-corrected chi connectivity index (χ2v) is 4.41. The van der Waals surface area contributed by atoms with Crippen molar-refractivity contribution in [3.8, 4) is 0 Å². The largest absolute Gasteiger partial charge is 0.480 e. The third kappa shape index (κ3) is 1.58. The number of pyridine rings is 1. The van der Waals surface area contributed by atoms with Crippen LogP contribution in [-0.2, 0) is 10.2 Å². The molecule has 1 atom stereocenters. The van der Waals surface area contributed by atoms with Gasteiger partial charge in [-0.05, 0) is 6.07 Å². The Hall–Kier alpha value is -1.01. The molecule has 1 N–H and O–H groups in total. The van der Waals surface area contributed by atoms with Gasteiger partial charge in [0.2, 0.25) is 0 Å². The van der Waals surface area contributed by atoms with Crippen LogP contribution in [0.4, 0.5) is 13.2 Å². The average molecular weight is 286 g/mol. The second-order valence-electron chi connectivity index (χ2n) is 3.69. The molecule has 1 saturated carbocycles. The number of aromatic nitrogens is 1. The van der Waals surface area contributed by atoms with Gasteiger partial charge in [-0.25, -0.2) is 18.2 Å². The number of carboxylic acids is 1. The monoisotopic (exact) mass is 285 g/mol. The molecule has 3 nitrogen and oxygen atoms in total. The van der Waals surface area contributed by atoms with Gasteiger partial charge in [-0.1, -0.05) is 23.2 Å². The fourth-order valence-electron chi connectivity index (χ4n) is 1.67. The van der Waals surface area contributed by atoms with Crippen molar-refractivity contribution in [2.75, 3.05) is 0 Å². The molecule has 1 unspecified atom stereocenters. The first-order chi connectivity index (χ1) is 7.72. The molecule has 1 aliphatic rings. The molecule has 1 aromatic rings. The molecular weight excluding hydrogens is 282 g/mol. The van der Waals surface area contributed by atoms with Crippen LogP contribution in [0.2, 0.25) is 10.3 Å². The quantitative estimate of drug-likeness (QED) is 0.850. The van der Waals surface area contributed by atoms with E-state index in [2.05, 4.69) is 4.98 Å². The molecule has 1 aliphatic carbocycles. The Balaban J connectivity index is 2.62. The zero-order valence-electron chi connectivity index (χ0n) is 7.98. The van der Waals surface area contributed by atoms with E-state index in [1.807, 2.05) is 0 Å². The number of rotatable bonds is 2. The van der Waals surface area contributed by atoms with E-state index < -0.39 is 45.4 Å². The van der Waals surface area contributed by atoms with E-state index in [9.17, 15) is 18.0 Å². The zero-order chi connectivity index (χ0) is 13.0. The summed E-state index contributed by atoms with van der Waals surface area (Å²) in [6, 6.07) is 0.590. The zero-order valence-corrected chi connectivity index (χ0v) is 9.49. The minimum Gasteiger partial charge on any atom is -0.480 e. The number of carbonyl (C=O) groups is 1. The predicted octanol–water partition coefficient (Wildman–Crippen LogP) is 2.89. The molecule has 1 heterocycles. The molecule has 0 aromatic carbocycles. The Labute approximate surface area is 103 Å². The van der Waals surface area contributed by atoms with Gasteiger partial charge in [0.05, 0.1) is 0 Å². The fourth-order valence-corrected chi connectivity index (χ4v) is 2.16. The third-order valence-electron chi connectivity index (χ3n) is 2.70. The lowest BCUT2D eigenvalue weighted by molar-refractivity contribution is -0.143. The number of nitrogens with zero attached hydrogens (tertiary/aromatic N) is 1. The topological polar surface area (TPSA) is 50.2 Å². The van der Waals surface area contributed by atoms with Crippen LogP contribution in [0.1, 0.15) is 12.0 Å². The van der Waals surface area contributed by atoms with Crippen molar-refractivity contribution < 1.29 is 23.1 Å². The molecule has 1 aromatic heterocycles. The molecule has 8 heteroatoms. The van der Waals surface area contributed by atoms with Crippen molar-refractivity contribution in [1.29, 1.82) is 0 Å². The van der Waals surface area contributed by atoms with Crippen LogP contribution < -0.4 is 0 Å². The maximum absolute atomic E-state index is 13.2. The molecule has 0 bridgehead atoms. The lowest BCUT2D eigenvalue weighted by atomic mass is 9.97. The minimum absolute atomic E-state index is 0.532. The highest BCUT2D eigenvalue weighted by molar-refractivity contribution is 6.33. The van der Waals surface area contributed by atoms with E-state index in [4.69, 9.17) is 28.3 Å². The minimum atomic E-state index is -3.47. The molecule has 92 valence electrons. The molecule has 0 saturated heterocycles. The van der Waals surface area contributed by atoms with Gasteiger partial charge in [0, 0.05) is 12.0 Å². The number of aliphatic carboxylic acids is 1. The molecular formula is C9H4Cl2F3NO2. The second kappa shape index (κ2) is 3.49. The lowest BCUT2D eigenvalue weighted by Gasteiger charge is -2.13. The summed E-state index contributed by atoms with van der Waals surface area (Å²) in [5.41, 5.74) is -3.05. The van der Waals surface area contributed by atoms with Gasteiger partial charge in [-0.15, -0.1) is 0 Å². The summed E-state index contributed by atoms with van der Waals surface area (Å²) >= 11 is 10.8. The molecule has 1 fully saturated rings. The first-order valence-corrected chi connectivity index (χ1v) is 5.11.